The van der Waals surface area contributed by atoms with Crippen molar-refractivity contribution in [2.45, 2.75) is 69.8 Å². The standard InChI is InChI=1S/C26H38Cl2F2N4O/c27-22-2-1-3-23(24(22)28)34-16-14-33(15-17-34)13-10-19-4-6-20(7-5-19)18-31-25(35)32-21-8-11-26(29,30)12-9-21/h1-3,19-21H,4-18H2,(H2,31,32,35)/t19-,20-. The van der Waals surface area contributed by atoms with Crippen LogP contribution in [0.2, 0.25) is 10.0 Å². The monoisotopic (exact) mass is 530 g/mol. The third-order valence-electron chi connectivity index (χ3n) is 8.07. The highest BCUT2D eigenvalue weighted by Crippen LogP contribution is 2.34. The zero-order valence-corrected chi connectivity index (χ0v) is 21.9. The van der Waals surface area contributed by atoms with E-state index in [0.717, 1.165) is 57.2 Å². The Labute approximate surface area is 217 Å². The van der Waals surface area contributed by atoms with Crippen molar-refractivity contribution in [3.8, 4) is 0 Å². The maximum absolute atomic E-state index is 13.3. The second kappa shape index (κ2) is 12.3. The van der Waals surface area contributed by atoms with Crippen molar-refractivity contribution in [1.29, 1.82) is 0 Å². The minimum atomic E-state index is -2.56. The number of hydrogen-bond acceptors (Lipinski definition) is 3. The molecule has 35 heavy (non-hydrogen) atoms. The highest BCUT2D eigenvalue weighted by atomic mass is 35.5. The van der Waals surface area contributed by atoms with Crippen molar-refractivity contribution in [3.05, 3.63) is 28.2 Å². The summed E-state index contributed by atoms with van der Waals surface area (Å²) in [7, 11) is 0. The van der Waals surface area contributed by atoms with Crippen LogP contribution < -0.4 is 15.5 Å². The highest BCUT2D eigenvalue weighted by molar-refractivity contribution is 6.43. The lowest BCUT2D eigenvalue weighted by atomic mass is 9.80. The molecule has 1 aliphatic heterocycles. The van der Waals surface area contributed by atoms with Gasteiger partial charge in [0.05, 0.1) is 15.7 Å². The van der Waals surface area contributed by atoms with E-state index >= 15 is 0 Å². The molecule has 3 fully saturated rings. The fraction of sp³-hybridized carbons (Fsp3) is 0.731. The fourth-order valence-corrected chi connectivity index (χ4v) is 6.11. The average molecular weight is 532 g/mol. The zero-order valence-electron chi connectivity index (χ0n) is 20.4. The Bertz CT molecular complexity index is 833. The number of nitrogens with zero attached hydrogens (tertiary/aromatic N) is 2. The van der Waals surface area contributed by atoms with E-state index < -0.39 is 5.92 Å². The van der Waals surface area contributed by atoms with Crippen LogP contribution in [0.25, 0.3) is 0 Å². The van der Waals surface area contributed by atoms with Gasteiger partial charge >= 0.3 is 6.03 Å². The van der Waals surface area contributed by atoms with Gasteiger partial charge < -0.3 is 15.5 Å². The molecule has 1 heterocycles. The van der Waals surface area contributed by atoms with E-state index in [9.17, 15) is 13.6 Å². The summed E-state index contributed by atoms with van der Waals surface area (Å²) in [5.41, 5.74) is 1.03. The third kappa shape index (κ3) is 7.83. The average Bonchev–Trinajstić information content (AvgIpc) is 2.85. The predicted molar refractivity (Wildman–Crippen MR) is 139 cm³/mol. The van der Waals surface area contributed by atoms with Gasteiger partial charge in [-0.25, -0.2) is 13.6 Å². The molecule has 0 atom stereocenters. The molecule has 0 unspecified atom stereocenters. The van der Waals surface area contributed by atoms with Crippen molar-refractivity contribution < 1.29 is 13.6 Å². The first kappa shape index (κ1) is 26.7. The molecule has 1 aromatic carbocycles. The SMILES string of the molecule is O=C(NC[C@H]1CC[C@H](CCN2CCN(c3cccc(Cl)c3Cl)CC2)CC1)NC1CCC(F)(F)CC1. The molecule has 3 aliphatic rings. The Hall–Kier alpha value is -1.31. The van der Waals surface area contributed by atoms with Crippen LogP contribution >= 0.6 is 23.2 Å². The van der Waals surface area contributed by atoms with Crippen LogP contribution in [0, 0.1) is 11.8 Å². The van der Waals surface area contributed by atoms with Crippen LogP contribution in [0.3, 0.4) is 0 Å². The number of piperazine rings is 1. The first-order valence-electron chi connectivity index (χ1n) is 13.1. The molecule has 2 saturated carbocycles. The van der Waals surface area contributed by atoms with Crippen LogP contribution in [-0.4, -0.2) is 62.2 Å². The lowest BCUT2D eigenvalue weighted by Crippen LogP contribution is -2.47. The summed E-state index contributed by atoms with van der Waals surface area (Å²) in [6.07, 6.45) is 6.38. The van der Waals surface area contributed by atoms with Crippen LogP contribution in [0.4, 0.5) is 19.3 Å². The molecule has 0 aromatic heterocycles. The minimum absolute atomic E-state index is 0.130. The van der Waals surface area contributed by atoms with Gasteiger partial charge in [0.1, 0.15) is 0 Å². The summed E-state index contributed by atoms with van der Waals surface area (Å²) in [4.78, 5) is 17.0. The molecule has 0 spiro atoms. The topological polar surface area (TPSA) is 47.6 Å². The number of anilines is 1. The molecule has 0 radical (unpaired) electrons. The molecule has 196 valence electrons. The largest absolute Gasteiger partial charge is 0.368 e. The van der Waals surface area contributed by atoms with Crippen molar-refractivity contribution >= 4 is 34.9 Å². The van der Waals surface area contributed by atoms with Gasteiger partial charge in [0, 0.05) is 51.6 Å². The molecular weight excluding hydrogens is 493 g/mol. The molecule has 1 aromatic rings. The number of carbonyl (C=O) groups excluding carboxylic acids is 1. The Morgan fingerprint density at radius 3 is 2.31 bits per heavy atom. The van der Waals surface area contributed by atoms with E-state index in [1.54, 1.807) is 0 Å². The zero-order chi connectivity index (χ0) is 24.8. The Morgan fingerprint density at radius 2 is 1.63 bits per heavy atom. The van der Waals surface area contributed by atoms with E-state index in [4.69, 9.17) is 23.2 Å². The number of carbonyl (C=O) groups is 1. The number of alkyl halides is 2. The second-order valence-corrected chi connectivity index (χ2v) is 11.3. The number of nitrogens with one attached hydrogen (secondary N) is 2. The van der Waals surface area contributed by atoms with Gasteiger partial charge in [-0.3, -0.25) is 4.90 Å². The summed E-state index contributed by atoms with van der Waals surface area (Å²) < 4.78 is 26.5. The smallest absolute Gasteiger partial charge is 0.315 e. The number of amides is 2. The summed E-state index contributed by atoms with van der Waals surface area (Å²) in [5, 5.41) is 7.10. The molecule has 2 aliphatic carbocycles. The van der Waals surface area contributed by atoms with Gasteiger partial charge in [0.15, 0.2) is 0 Å². The van der Waals surface area contributed by atoms with Crippen LogP contribution in [-0.2, 0) is 0 Å². The Balaban J connectivity index is 1.07. The van der Waals surface area contributed by atoms with E-state index in [0.29, 0.717) is 35.3 Å². The molecule has 0 bridgehead atoms. The fourth-order valence-electron chi connectivity index (χ4n) is 5.70. The molecular formula is C26H38Cl2F2N4O. The number of benzene rings is 1. The summed E-state index contributed by atoms with van der Waals surface area (Å²) in [6, 6.07) is 5.48. The maximum atomic E-state index is 13.3. The summed E-state index contributed by atoms with van der Waals surface area (Å²) in [6.45, 7) is 5.81. The first-order valence-corrected chi connectivity index (χ1v) is 13.9. The van der Waals surface area contributed by atoms with Gasteiger partial charge in [-0.05, 0) is 62.6 Å². The van der Waals surface area contributed by atoms with Gasteiger partial charge in [-0.15, -0.1) is 0 Å². The number of urea groups is 1. The number of halogens is 4. The number of hydrogen-bond donors (Lipinski definition) is 2. The molecule has 9 heteroatoms. The van der Waals surface area contributed by atoms with Gasteiger partial charge in [0.25, 0.3) is 0 Å². The van der Waals surface area contributed by atoms with Crippen LogP contribution in [0.5, 0.6) is 0 Å². The molecule has 2 N–H and O–H groups in total. The van der Waals surface area contributed by atoms with Gasteiger partial charge in [-0.2, -0.15) is 0 Å². The summed E-state index contributed by atoms with van der Waals surface area (Å²) >= 11 is 12.6. The molecule has 1 saturated heterocycles. The predicted octanol–water partition coefficient (Wildman–Crippen LogP) is 6.19. The molecule has 2 amide bonds. The van der Waals surface area contributed by atoms with E-state index in [1.165, 1.54) is 19.3 Å². The van der Waals surface area contributed by atoms with Crippen LogP contribution in [0.1, 0.15) is 57.8 Å². The summed E-state index contributed by atoms with van der Waals surface area (Å²) in [5.74, 6) is -1.30. The van der Waals surface area contributed by atoms with Gasteiger partial charge in [-0.1, -0.05) is 42.1 Å². The van der Waals surface area contributed by atoms with E-state index in [-0.39, 0.29) is 24.9 Å². The lowest BCUT2D eigenvalue weighted by molar-refractivity contribution is -0.0395. The molecule has 4 rings (SSSR count). The highest BCUT2D eigenvalue weighted by Gasteiger charge is 2.35. The van der Waals surface area contributed by atoms with Crippen LogP contribution in [0.15, 0.2) is 18.2 Å². The lowest BCUT2D eigenvalue weighted by Gasteiger charge is -2.37. The quantitative estimate of drug-likeness (QED) is 0.441. The Morgan fingerprint density at radius 1 is 0.971 bits per heavy atom. The first-order chi connectivity index (χ1) is 16.8. The van der Waals surface area contributed by atoms with E-state index in [2.05, 4.69) is 20.4 Å². The minimum Gasteiger partial charge on any atom is -0.368 e. The Kier molecular flexibility index (Phi) is 9.39. The van der Waals surface area contributed by atoms with Crippen molar-refractivity contribution in [2.24, 2.45) is 11.8 Å². The second-order valence-electron chi connectivity index (χ2n) is 10.6. The maximum Gasteiger partial charge on any atom is 0.315 e. The van der Waals surface area contributed by atoms with Crippen molar-refractivity contribution in [2.75, 3.05) is 44.2 Å². The van der Waals surface area contributed by atoms with Gasteiger partial charge in [0.2, 0.25) is 5.92 Å². The van der Waals surface area contributed by atoms with Crippen molar-refractivity contribution in [1.82, 2.24) is 15.5 Å². The molecule has 5 nitrogen and oxygen atoms in total. The third-order valence-corrected chi connectivity index (χ3v) is 8.88. The number of rotatable bonds is 7. The normalized spacial score (nSPS) is 25.9. The van der Waals surface area contributed by atoms with Crippen molar-refractivity contribution in [3.63, 3.8) is 0 Å². The van der Waals surface area contributed by atoms with E-state index in [1.807, 2.05) is 18.2 Å².